The Kier molecular flexibility index (Phi) is 11.5. The molecular formula is C13H27NO4. The largest absolute Gasteiger partial charge is 0.466 e. The summed E-state index contributed by atoms with van der Waals surface area (Å²) >= 11 is 0. The van der Waals surface area contributed by atoms with E-state index in [0.29, 0.717) is 26.0 Å². The van der Waals surface area contributed by atoms with Crippen LogP contribution >= 0.6 is 0 Å². The normalized spacial score (nSPS) is 9.89. The summed E-state index contributed by atoms with van der Waals surface area (Å²) in [6.07, 6.45) is 0.401. The molecule has 0 spiro atoms. The third-order valence-corrected chi connectivity index (χ3v) is 1.53. The maximum atomic E-state index is 11.2. The third kappa shape index (κ3) is 14.7. The Hall–Kier alpha value is -1.26. The van der Waals surface area contributed by atoms with Crippen LogP contribution in [0.25, 0.3) is 0 Å². The molecule has 1 N–H and O–H groups in total. The Morgan fingerprint density at radius 1 is 1.17 bits per heavy atom. The molecule has 5 nitrogen and oxygen atoms in total. The quantitative estimate of drug-likeness (QED) is 0.610. The summed E-state index contributed by atoms with van der Waals surface area (Å²) in [4.78, 5) is 22.1. The molecule has 0 bridgehead atoms. The molecule has 0 aliphatic heterocycles. The van der Waals surface area contributed by atoms with E-state index in [9.17, 15) is 9.59 Å². The number of esters is 1. The Morgan fingerprint density at radius 2 is 1.72 bits per heavy atom. The summed E-state index contributed by atoms with van der Waals surface area (Å²) in [7, 11) is 0. The first-order valence-corrected chi connectivity index (χ1v) is 6.47. The van der Waals surface area contributed by atoms with Gasteiger partial charge in [-0.05, 0) is 34.1 Å². The van der Waals surface area contributed by atoms with Crippen LogP contribution in [-0.4, -0.2) is 30.8 Å². The van der Waals surface area contributed by atoms with Crippen molar-refractivity contribution in [3.05, 3.63) is 0 Å². The molecular weight excluding hydrogens is 234 g/mol. The second-order valence-corrected chi connectivity index (χ2v) is 4.34. The summed E-state index contributed by atoms with van der Waals surface area (Å²) in [6.45, 7) is 11.9. The fraction of sp³-hybridized carbons (Fsp3) is 0.846. The molecule has 0 heterocycles. The van der Waals surface area contributed by atoms with E-state index in [1.54, 1.807) is 27.7 Å². The molecule has 0 aromatic heterocycles. The number of nitrogens with one attached hydrogen (secondary N) is 1. The maximum Gasteiger partial charge on any atom is 0.407 e. The van der Waals surface area contributed by atoms with Gasteiger partial charge in [0.2, 0.25) is 0 Å². The van der Waals surface area contributed by atoms with Gasteiger partial charge in [0.15, 0.2) is 0 Å². The molecule has 0 aromatic rings. The molecule has 0 atom stereocenters. The zero-order valence-corrected chi connectivity index (χ0v) is 12.5. The van der Waals surface area contributed by atoms with Crippen molar-refractivity contribution < 1.29 is 19.1 Å². The fourth-order valence-corrected chi connectivity index (χ4v) is 0.971. The average molecular weight is 261 g/mol. The summed E-state index contributed by atoms with van der Waals surface area (Å²) in [5.74, 6) is -0.242. The number of hydrogen-bond acceptors (Lipinski definition) is 4. The van der Waals surface area contributed by atoms with Crippen molar-refractivity contribution in [1.29, 1.82) is 0 Å². The van der Waals surface area contributed by atoms with Crippen LogP contribution in [0.1, 0.15) is 54.4 Å². The Morgan fingerprint density at radius 3 is 2.17 bits per heavy atom. The van der Waals surface area contributed by atoms with Crippen LogP contribution in [0, 0.1) is 0 Å². The molecule has 0 aliphatic carbocycles. The number of rotatable bonds is 5. The highest BCUT2D eigenvalue weighted by atomic mass is 16.6. The minimum atomic E-state index is -0.495. The van der Waals surface area contributed by atoms with Crippen molar-refractivity contribution in [2.24, 2.45) is 0 Å². The van der Waals surface area contributed by atoms with Gasteiger partial charge < -0.3 is 14.8 Å². The van der Waals surface area contributed by atoms with Crippen molar-refractivity contribution in [1.82, 2.24) is 5.32 Å². The Balaban J connectivity index is 0. The molecule has 0 saturated carbocycles. The Labute approximate surface area is 110 Å². The summed E-state index contributed by atoms with van der Waals surface area (Å²) in [6, 6.07) is 0. The minimum Gasteiger partial charge on any atom is -0.466 e. The van der Waals surface area contributed by atoms with Crippen LogP contribution in [-0.2, 0) is 14.3 Å². The van der Waals surface area contributed by atoms with Crippen LogP contribution in [0.15, 0.2) is 0 Å². The van der Waals surface area contributed by atoms with E-state index in [2.05, 4.69) is 5.32 Å². The second-order valence-electron chi connectivity index (χ2n) is 4.34. The summed E-state index contributed by atoms with van der Waals surface area (Å²) in [5, 5.41) is 2.57. The molecule has 0 saturated heterocycles. The highest BCUT2D eigenvalue weighted by Crippen LogP contribution is 2.06. The number of carbonyl (C=O) groups is 2. The topological polar surface area (TPSA) is 64.6 Å². The first-order chi connectivity index (χ1) is 8.35. The van der Waals surface area contributed by atoms with E-state index in [-0.39, 0.29) is 5.97 Å². The number of hydrogen-bond donors (Lipinski definition) is 1. The van der Waals surface area contributed by atoms with E-state index in [1.165, 1.54) is 0 Å². The van der Waals surface area contributed by atoms with Crippen molar-refractivity contribution in [3.8, 4) is 0 Å². The van der Waals surface area contributed by atoms with Gasteiger partial charge in [0.1, 0.15) is 5.60 Å². The van der Waals surface area contributed by atoms with E-state index in [1.807, 2.05) is 13.8 Å². The van der Waals surface area contributed by atoms with Crippen LogP contribution in [0.3, 0.4) is 0 Å². The van der Waals surface area contributed by atoms with Gasteiger partial charge in [-0.3, -0.25) is 4.79 Å². The van der Waals surface area contributed by atoms with Gasteiger partial charge in [-0.1, -0.05) is 13.8 Å². The van der Waals surface area contributed by atoms with Gasteiger partial charge >= 0.3 is 12.1 Å². The summed E-state index contributed by atoms with van der Waals surface area (Å²) < 4.78 is 9.77. The van der Waals surface area contributed by atoms with Crippen LogP contribution in [0.4, 0.5) is 4.79 Å². The van der Waals surface area contributed by atoms with Crippen LogP contribution in [0.5, 0.6) is 0 Å². The lowest BCUT2D eigenvalue weighted by atomic mass is 10.2. The van der Waals surface area contributed by atoms with E-state index >= 15 is 0 Å². The van der Waals surface area contributed by atoms with Crippen LogP contribution < -0.4 is 5.32 Å². The number of alkyl carbamates (subject to hydrolysis) is 1. The monoisotopic (exact) mass is 261 g/mol. The fourth-order valence-electron chi connectivity index (χ4n) is 0.971. The molecule has 108 valence electrons. The first kappa shape index (κ1) is 19.1. The summed E-state index contributed by atoms with van der Waals surface area (Å²) in [5.41, 5.74) is -0.495. The SMILES string of the molecule is CC.CCOC(=O)CCCNC(=O)OC(C)(C)C. The van der Waals surface area contributed by atoms with Gasteiger partial charge in [-0.25, -0.2) is 4.79 Å². The number of amides is 1. The zero-order valence-electron chi connectivity index (χ0n) is 12.5. The van der Waals surface area contributed by atoms with Crippen molar-refractivity contribution in [3.63, 3.8) is 0 Å². The molecule has 0 aliphatic rings. The molecule has 0 radical (unpaired) electrons. The average Bonchev–Trinajstić information content (AvgIpc) is 2.25. The van der Waals surface area contributed by atoms with Gasteiger partial charge in [-0.15, -0.1) is 0 Å². The lowest BCUT2D eigenvalue weighted by molar-refractivity contribution is -0.143. The predicted octanol–water partition coefficient (Wildman–Crippen LogP) is 2.88. The standard InChI is InChI=1S/C11H21NO4.C2H6/c1-5-15-9(13)7-6-8-12-10(14)16-11(2,3)4;1-2/h5-8H2,1-4H3,(H,12,14);1-2H3. The highest BCUT2D eigenvalue weighted by molar-refractivity contribution is 5.70. The van der Waals surface area contributed by atoms with Gasteiger partial charge in [0.25, 0.3) is 0 Å². The molecule has 18 heavy (non-hydrogen) atoms. The van der Waals surface area contributed by atoms with E-state index in [0.717, 1.165) is 0 Å². The van der Waals surface area contributed by atoms with Gasteiger partial charge in [0, 0.05) is 13.0 Å². The predicted molar refractivity (Wildman–Crippen MR) is 71.5 cm³/mol. The van der Waals surface area contributed by atoms with Gasteiger partial charge in [0.05, 0.1) is 6.61 Å². The van der Waals surface area contributed by atoms with Crippen molar-refractivity contribution in [2.45, 2.75) is 60.0 Å². The lowest BCUT2D eigenvalue weighted by Gasteiger charge is -2.19. The molecule has 0 rings (SSSR count). The van der Waals surface area contributed by atoms with Crippen molar-refractivity contribution >= 4 is 12.1 Å². The molecule has 0 fully saturated rings. The zero-order chi connectivity index (χ0) is 14.6. The lowest BCUT2D eigenvalue weighted by Crippen LogP contribution is -2.33. The van der Waals surface area contributed by atoms with Crippen LogP contribution in [0.2, 0.25) is 0 Å². The minimum absolute atomic E-state index is 0.242. The number of carbonyl (C=O) groups excluding carboxylic acids is 2. The molecule has 0 unspecified atom stereocenters. The highest BCUT2D eigenvalue weighted by Gasteiger charge is 2.15. The van der Waals surface area contributed by atoms with Gasteiger partial charge in [-0.2, -0.15) is 0 Å². The first-order valence-electron chi connectivity index (χ1n) is 6.47. The molecule has 5 heteroatoms. The number of ether oxygens (including phenoxy) is 2. The van der Waals surface area contributed by atoms with E-state index in [4.69, 9.17) is 9.47 Å². The maximum absolute atomic E-state index is 11.2. The van der Waals surface area contributed by atoms with Crippen molar-refractivity contribution in [2.75, 3.05) is 13.2 Å². The van der Waals surface area contributed by atoms with E-state index < -0.39 is 11.7 Å². The molecule has 0 aromatic carbocycles. The third-order valence-electron chi connectivity index (χ3n) is 1.53. The molecule has 1 amide bonds. The second kappa shape index (κ2) is 10.9. The Bertz CT molecular complexity index is 234. The smallest absolute Gasteiger partial charge is 0.407 e.